The van der Waals surface area contributed by atoms with E-state index in [1.165, 1.54) is 4.31 Å². The second kappa shape index (κ2) is 7.08. The van der Waals surface area contributed by atoms with Crippen molar-refractivity contribution in [2.75, 3.05) is 39.3 Å². The smallest absolute Gasteiger partial charge is 0.272 e. The summed E-state index contributed by atoms with van der Waals surface area (Å²) in [4.78, 5) is 12.2. The quantitative estimate of drug-likeness (QED) is 0.662. The predicted octanol–water partition coefficient (Wildman–Crippen LogP) is -1.54. The Hall–Kier alpha value is -1.64. The molecule has 122 valence electrons. The number of nitrogens with two attached hydrogens (primary N) is 1. The van der Waals surface area contributed by atoms with Crippen LogP contribution in [0.2, 0.25) is 0 Å². The maximum Gasteiger partial charge on any atom is 0.272 e. The number of nitrogens with one attached hydrogen (secondary N) is 1. The first-order chi connectivity index (χ1) is 10.4. The summed E-state index contributed by atoms with van der Waals surface area (Å²) in [7, 11) is -3.50. The van der Waals surface area contributed by atoms with E-state index in [4.69, 9.17) is 10.5 Å². The molecular formula is C14H22N3O4S+. The van der Waals surface area contributed by atoms with Crippen LogP contribution in [0.3, 0.4) is 0 Å². The molecule has 0 saturated carbocycles. The van der Waals surface area contributed by atoms with E-state index in [9.17, 15) is 13.2 Å². The van der Waals surface area contributed by atoms with Gasteiger partial charge in [-0.15, -0.1) is 0 Å². The highest BCUT2D eigenvalue weighted by Gasteiger charge is 2.30. The summed E-state index contributed by atoms with van der Waals surface area (Å²) in [5.41, 5.74) is 5.17. The van der Waals surface area contributed by atoms with Crippen LogP contribution in [0.5, 0.6) is 5.75 Å². The Labute approximate surface area is 130 Å². The second-order valence-electron chi connectivity index (χ2n) is 5.20. The van der Waals surface area contributed by atoms with E-state index in [0.717, 1.165) is 4.90 Å². The van der Waals surface area contributed by atoms with Gasteiger partial charge in [-0.2, -0.15) is 4.31 Å². The van der Waals surface area contributed by atoms with E-state index in [-0.39, 0.29) is 17.3 Å². The maximum absolute atomic E-state index is 12.6. The normalized spacial score (nSPS) is 17.3. The molecule has 1 amide bonds. The molecule has 0 radical (unpaired) electrons. The lowest BCUT2D eigenvalue weighted by molar-refractivity contribution is -0.895. The summed E-state index contributed by atoms with van der Waals surface area (Å²) in [6.45, 7) is 4.60. The summed E-state index contributed by atoms with van der Waals surface area (Å²) in [6, 6.07) is 6.43. The lowest BCUT2D eigenvalue weighted by atomic mass is 10.3. The van der Waals surface area contributed by atoms with Gasteiger partial charge in [0.05, 0.1) is 37.7 Å². The Morgan fingerprint density at radius 3 is 2.36 bits per heavy atom. The first kappa shape index (κ1) is 16.7. The van der Waals surface area contributed by atoms with Crippen LogP contribution in [-0.2, 0) is 14.8 Å². The Bertz CT molecular complexity index is 607. The molecule has 1 aliphatic rings. The minimum absolute atomic E-state index is 0.247. The Kier molecular flexibility index (Phi) is 5.38. The number of ether oxygens (including phenoxy) is 1. The van der Waals surface area contributed by atoms with Crippen molar-refractivity contribution in [2.24, 2.45) is 5.73 Å². The van der Waals surface area contributed by atoms with Crippen LogP contribution in [0.1, 0.15) is 6.92 Å². The topological polar surface area (TPSA) is 94.1 Å². The van der Waals surface area contributed by atoms with Gasteiger partial charge in [0.1, 0.15) is 5.75 Å². The molecule has 0 spiro atoms. The van der Waals surface area contributed by atoms with Crippen LogP contribution in [0.25, 0.3) is 0 Å². The summed E-state index contributed by atoms with van der Waals surface area (Å²) < 4.78 is 31.9. The van der Waals surface area contributed by atoms with Crippen molar-refractivity contribution in [1.82, 2.24) is 4.31 Å². The lowest BCUT2D eigenvalue weighted by Crippen LogP contribution is -3.15. The average molecular weight is 328 g/mol. The molecule has 7 nitrogen and oxygen atoms in total. The number of amides is 1. The van der Waals surface area contributed by atoms with Crippen molar-refractivity contribution in [3.05, 3.63) is 24.3 Å². The van der Waals surface area contributed by atoms with Gasteiger partial charge in [-0.25, -0.2) is 8.42 Å². The van der Waals surface area contributed by atoms with Gasteiger partial charge in [-0.05, 0) is 31.2 Å². The van der Waals surface area contributed by atoms with Crippen molar-refractivity contribution in [3.8, 4) is 5.75 Å². The number of primary amides is 1. The Balaban J connectivity index is 2.03. The zero-order valence-electron chi connectivity index (χ0n) is 12.6. The molecular weight excluding hydrogens is 306 g/mol. The summed E-state index contributed by atoms with van der Waals surface area (Å²) in [5.74, 6) is 0.287. The molecule has 22 heavy (non-hydrogen) atoms. The molecule has 2 rings (SSSR count). The Morgan fingerprint density at radius 1 is 1.27 bits per heavy atom. The van der Waals surface area contributed by atoms with Gasteiger partial charge in [-0.1, -0.05) is 0 Å². The second-order valence-corrected chi connectivity index (χ2v) is 7.14. The minimum atomic E-state index is -3.50. The van der Waals surface area contributed by atoms with Gasteiger partial charge >= 0.3 is 0 Å². The minimum Gasteiger partial charge on any atom is -0.494 e. The lowest BCUT2D eigenvalue weighted by Gasteiger charge is -2.30. The van der Waals surface area contributed by atoms with Crippen molar-refractivity contribution < 1.29 is 22.8 Å². The standard InChI is InChI=1S/C14H21N3O4S/c1-2-21-12-3-5-13(6-4-12)22(19,20)17-9-7-16(8-10-17)11-14(15)18/h3-6H,2,7-11H2,1H3,(H2,15,18)/p+1. The van der Waals surface area contributed by atoms with E-state index in [1.54, 1.807) is 24.3 Å². The fraction of sp³-hybridized carbons (Fsp3) is 0.500. The maximum atomic E-state index is 12.6. The van der Waals surface area contributed by atoms with E-state index in [0.29, 0.717) is 38.5 Å². The first-order valence-corrected chi connectivity index (χ1v) is 8.72. The number of carbonyl (C=O) groups is 1. The van der Waals surface area contributed by atoms with Gasteiger partial charge in [0.2, 0.25) is 10.0 Å². The van der Waals surface area contributed by atoms with Crippen molar-refractivity contribution >= 4 is 15.9 Å². The first-order valence-electron chi connectivity index (χ1n) is 7.28. The summed E-state index contributed by atoms with van der Waals surface area (Å²) in [6.07, 6.45) is 0. The molecule has 1 aromatic carbocycles. The van der Waals surface area contributed by atoms with Gasteiger partial charge in [-0.3, -0.25) is 4.79 Å². The molecule has 1 saturated heterocycles. The van der Waals surface area contributed by atoms with Gasteiger partial charge < -0.3 is 15.4 Å². The van der Waals surface area contributed by atoms with Crippen molar-refractivity contribution in [1.29, 1.82) is 0 Å². The molecule has 1 heterocycles. The molecule has 1 aromatic rings. The van der Waals surface area contributed by atoms with E-state index >= 15 is 0 Å². The molecule has 0 bridgehead atoms. The molecule has 0 aliphatic carbocycles. The monoisotopic (exact) mass is 328 g/mol. The third kappa shape index (κ3) is 3.96. The van der Waals surface area contributed by atoms with Crippen LogP contribution in [-0.4, -0.2) is 58.0 Å². The zero-order valence-corrected chi connectivity index (χ0v) is 13.4. The Morgan fingerprint density at radius 2 is 1.86 bits per heavy atom. The van der Waals surface area contributed by atoms with Crippen LogP contribution in [0.15, 0.2) is 29.2 Å². The van der Waals surface area contributed by atoms with Crippen LogP contribution in [0, 0.1) is 0 Å². The molecule has 0 atom stereocenters. The predicted molar refractivity (Wildman–Crippen MR) is 81.1 cm³/mol. The highest BCUT2D eigenvalue weighted by molar-refractivity contribution is 7.89. The van der Waals surface area contributed by atoms with E-state index < -0.39 is 10.0 Å². The van der Waals surface area contributed by atoms with Gasteiger partial charge in [0.15, 0.2) is 6.54 Å². The summed E-state index contributed by atoms with van der Waals surface area (Å²) in [5, 5.41) is 0. The number of sulfonamides is 1. The number of benzene rings is 1. The number of hydrogen-bond donors (Lipinski definition) is 2. The molecule has 1 fully saturated rings. The molecule has 8 heteroatoms. The van der Waals surface area contributed by atoms with E-state index in [1.807, 2.05) is 6.92 Å². The number of piperazine rings is 1. The average Bonchev–Trinajstić information content (AvgIpc) is 2.48. The molecule has 0 aromatic heterocycles. The third-order valence-corrected chi connectivity index (χ3v) is 5.54. The highest BCUT2D eigenvalue weighted by atomic mass is 32.2. The fourth-order valence-electron chi connectivity index (χ4n) is 2.49. The zero-order chi connectivity index (χ0) is 16.2. The van der Waals surface area contributed by atoms with Crippen molar-refractivity contribution in [3.63, 3.8) is 0 Å². The van der Waals surface area contributed by atoms with Crippen LogP contribution in [0.4, 0.5) is 0 Å². The third-order valence-electron chi connectivity index (χ3n) is 3.63. The fourth-order valence-corrected chi connectivity index (χ4v) is 3.93. The number of hydrogen-bond acceptors (Lipinski definition) is 4. The van der Waals surface area contributed by atoms with Gasteiger partial charge in [0, 0.05) is 0 Å². The largest absolute Gasteiger partial charge is 0.494 e. The number of carbonyl (C=O) groups excluding carboxylic acids is 1. The SMILES string of the molecule is CCOc1ccc(S(=O)(=O)N2CC[NH+](CC(N)=O)CC2)cc1. The van der Waals surface area contributed by atoms with E-state index in [2.05, 4.69) is 0 Å². The number of quaternary nitrogens is 1. The number of nitrogens with zero attached hydrogens (tertiary/aromatic N) is 1. The van der Waals surface area contributed by atoms with Crippen LogP contribution < -0.4 is 15.4 Å². The van der Waals surface area contributed by atoms with Gasteiger partial charge in [0.25, 0.3) is 5.91 Å². The molecule has 1 aliphatic heterocycles. The van der Waals surface area contributed by atoms with Crippen molar-refractivity contribution in [2.45, 2.75) is 11.8 Å². The number of rotatable bonds is 6. The highest BCUT2D eigenvalue weighted by Crippen LogP contribution is 2.19. The molecule has 0 unspecified atom stereocenters. The summed E-state index contributed by atoms with van der Waals surface area (Å²) >= 11 is 0. The van der Waals surface area contributed by atoms with Crippen LogP contribution >= 0.6 is 0 Å². The molecule has 3 N–H and O–H groups in total.